The lowest BCUT2D eigenvalue weighted by Gasteiger charge is -2.42. The van der Waals surface area contributed by atoms with E-state index in [0.717, 1.165) is 11.3 Å². The number of carboxylic acid groups (broad SMARTS) is 1. The molecule has 0 saturated carbocycles. The van der Waals surface area contributed by atoms with E-state index < -0.39 is 5.97 Å². The lowest BCUT2D eigenvalue weighted by atomic mass is 9.63. The molecule has 4 heteroatoms. The first-order chi connectivity index (χ1) is 11.6. The zero-order chi connectivity index (χ0) is 18.4. The van der Waals surface area contributed by atoms with Crippen molar-refractivity contribution in [1.82, 2.24) is 4.98 Å². The Morgan fingerprint density at radius 3 is 2.32 bits per heavy atom. The van der Waals surface area contributed by atoms with Crippen LogP contribution >= 0.6 is 11.8 Å². The molecule has 0 fully saturated rings. The summed E-state index contributed by atoms with van der Waals surface area (Å²) in [7, 11) is 0. The van der Waals surface area contributed by atoms with Gasteiger partial charge in [0.25, 0.3) is 0 Å². The quantitative estimate of drug-likeness (QED) is 0.780. The number of aromatic nitrogens is 1. The maximum Gasteiger partial charge on any atom is 0.338 e. The van der Waals surface area contributed by atoms with E-state index in [2.05, 4.69) is 51.7 Å². The summed E-state index contributed by atoms with van der Waals surface area (Å²) in [4.78, 5) is 16.8. The number of aryl methyl sites for hydroxylation is 1. The molecular formula is C21H25NO2S. The summed E-state index contributed by atoms with van der Waals surface area (Å²) in [6.07, 6.45) is 3.99. The van der Waals surface area contributed by atoms with Crippen LogP contribution in [-0.4, -0.2) is 16.1 Å². The number of pyridine rings is 1. The molecule has 3 nitrogen and oxygen atoms in total. The van der Waals surface area contributed by atoms with Crippen LogP contribution in [0.25, 0.3) is 0 Å². The number of benzene rings is 1. The highest BCUT2D eigenvalue weighted by molar-refractivity contribution is 7.99. The highest BCUT2D eigenvalue weighted by Crippen LogP contribution is 2.48. The maximum atomic E-state index is 11.5. The van der Waals surface area contributed by atoms with Gasteiger partial charge in [0.2, 0.25) is 0 Å². The molecule has 0 bridgehead atoms. The number of nitrogens with zero attached hydrogens (tertiary/aromatic N) is 1. The fourth-order valence-electron chi connectivity index (χ4n) is 3.55. The minimum Gasteiger partial charge on any atom is -0.478 e. The van der Waals surface area contributed by atoms with E-state index in [4.69, 9.17) is 0 Å². The first-order valence-corrected chi connectivity index (χ1v) is 9.45. The molecule has 25 heavy (non-hydrogen) atoms. The molecule has 1 heterocycles. The molecule has 0 amide bonds. The average molecular weight is 356 g/mol. The number of carbonyl (C=O) groups is 1. The second-order valence-corrected chi connectivity index (χ2v) is 9.23. The molecule has 132 valence electrons. The van der Waals surface area contributed by atoms with Gasteiger partial charge in [-0.15, -0.1) is 0 Å². The Hall–Kier alpha value is -1.81. The average Bonchev–Trinajstić information content (AvgIpc) is 2.54. The second-order valence-electron chi connectivity index (χ2n) is 8.19. The van der Waals surface area contributed by atoms with Crippen LogP contribution in [0.5, 0.6) is 0 Å². The Balaban J connectivity index is 2.10. The van der Waals surface area contributed by atoms with Crippen LogP contribution in [-0.2, 0) is 10.8 Å². The molecule has 0 aliphatic heterocycles. The van der Waals surface area contributed by atoms with Gasteiger partial charge in [-0.25, -0.2) is 9.78 Å². The smallest absolute Gasteiger partial charge is 0.338 e. The summed E-state index contributed by atoms with van der Waals surface area (Å²) in [6, 6.07) is 7.83. The SMILES string of the molecule is Cc1cc2c(cc1Sc1ncccc1C(=O)O)C(C)(C)CCC2(C)C. The molecule has 0 unspecified atom stereocenters. The van der Waals surface area contributed by atoms with E-state index in [9.17, 15) is 9.90 Å². The molecule has 2 aromatic rings. The number of rotatable bonds is 3. The van der Waals surface area contributed by atoms with Gasteiger partial charge in [-0.3, -0.25) is 0 Å². The van der Waals surface area contributed by atoms with Gasteiger partial charge in [0.1, 0.15) is 5.03 Å². The predicted octanol–water partition coefficient (Wildman–Crippen LogP) is 5.59. The second kappa shape index (κ2) is 6.17. The predicted molar refractivity (Wildman–Crippen MR) is 102 cm³/mol. The van der Waals surface area contributed by atoms with E-state index >= 15 is 0 Å². The van der Waals surface area contributed by atoms with E-state index in [-0.39, 0.29) is 16.4 Å². The molecule has 1 aromatic carbocycles. The van der Waals surface area contributed by atoms with Crippen molar-refractivity contribution in [2.45, 2.75) is 68.2 Å². The van der Waals surface area contributed by atoms with Crippen LogP contribution in [0.1, 0.15) is 67.6 Å². The minimum atomic E-state index is -0.937. The van der Waals surface area contributed by atoms with Gasteiger partial charge >= 0.3 is 5.97 Å². The van der Waals surface area contributed by atoms with Crippen LogP contribution in [0.3, 0.4) is 0 Å². The van der Waals surface area contributed by atoms with Gasteiger partial charge < -0.3 is 5.11 Å². The summed E-state index contributed by atoms with van der Waals surface area (Å²) in [5, 5.41) is 9.95. The molecule has 0 atom stereocenters. The molecule has 3 rings (SSSR count). The fourth-order valence-corrected chi connectivity index (χ4v) is 4.54. The zero-order valence-electron chi connectivity index (χ0n) is 15.5. The Morgan fingerprint density at radius 2 is 1.72 bits per heavy atom. The van der Waals surface area contributed by atoms with E-state index in [1.807, 2.05) is 0 Å². The molecule has 1 aliphatic carbocycles. The highest BCUT2D eigenvalue weighted by atomic mass is 32.2. The van der Waals surface area contributed by atoms with Gasteiger partial charge in [-0.05, 0) is 65.5 Å². The monoisotopic (exact) mass is 355 g/mol. The summed E-state index contributed by atoms with van der Waals surface area (Å²) < 4.78 is 0. The Labute approximate surface area is 153 Å². The van der Waals surface area contributed by atoms with Crippen molar-refractivity contribution < 1.29 is 9.90 Å². The van der Waals surface area contributed by atoms with Crippen molar-refractivity contribution in [1.29, 1.82) is 0 Å². The first-order valence-electron chi connectivity index (χ1n) is 8.63. The molecule has 0 saturated heterocycles. The van der Waals surface area contributed by atoms with E-state index in [1.54, 1.807) is 18.3 Å². The van der Waals surface area contributed by atoms with Gasteiger partial charge in [0.05, 0.1) is 5.56 Å². The van der Waals surface area contributed by atoms with Crippen molar-refractivity contribution in [3.05, 3.63) is 52.7 Å². The summed E-state index contributed by atoms with van der Waals surface area (Å²) in [6.45, 7) is 11.3. The van der Waals surface area contributed by atoms with Gasteiger partial charge in [0.15, 0.2) is 0 Å². The van der Waals surface area contributed by atoms with Gasteiger partial charge in [-0.2, -0.15) is 0 Å². The summed E-state index contributed by atoms with van der Waals surface area (Å²) >= 11 is 1.45. The molecule has 1 aliphatic rings. The van der Waals surface area contributed by atoms with E-state index in [0.29, 0.717) is 5.03 Å². The number of aromatic carboxylic acids is 1. The number of fused-ring (bicyclic) bond motifs is 1. The van der Waals surface area contributed by atoms with Crippen LogP contribution in [0.15, 0.2) is 40.4 Å². The van der Waals surface area contributed by atoms with Crippen LogP contribution < -0.4 is 0 Å². The van der Waals surface area contributed by atoms with Crippen molar-refractivity contribution >= 4 is 17.7 Å². The number of carboxylic acids is 1. The number of hydrogen-bond donors (Lipinski definition) is 1. The highest BCUT2D eigenvalue weighted by Gasteiger charge is 2.37. The number of hydrogen-bond acceptors (Lipinski definition) is 3. The van der Waals surface area contributed by atoms with Crippen LogP contribution in [0.4, 0.5) is 0 Å². The Kier molecular flexibility index (Phi) is 4.44. The molecule has 1 aromatic heterocycles. The van der Waals surface area contributed by atoms with Crippen LogP contribution in [0, 0.1) is 6.92 Å². The van der Waals surface area contributed by atoms with Crippen molar-refractivity contribution in [3.63, 3.8) is 0 Å². The Morgan fingerprint density at radius 1 is 1.12 bits per heavy atom. The molecule has 1 N–H and O–H groups in total. The standard InChI is InChI=1S/C21H25NO2S/c1-13-11-15-16(21(4,5)9-8-20(15,2)3)12-17(13)25-18-14(19(23)24)7-6-10-22-18/h6-7,10-12H,8-9H2,1-5H3,(H,23,24). The Bertz CT molecular complexity index is 840. The molecule has 0 spiro atoms. The third-order valence-corrected chi connectivity index (χ3v) is 6.53. The van der Waals surface area contributed by atoms with Crippen molar-refractivity contribution in [3.8, 4) is 0 Å². The lowest BCUT2D eigenvalue weighted by molar-refractivity contribution is 0.0692. The van der Waals surface area contributed by atoms with E-state index in [1.165, 1.54) is 34.9 Å². The topological polar surface area (TPSA) is 50.2 Å². The summed E-state index contributed by atoms with van der Waals surface area (Å²) in [5.41, 5.74) is 4.54. The molecule has 0 radical (unpaired) electrons. The fraction of sp³-hybridized carbons (Fsp3) is 0.429. The normalized spacial score (nSPS) is 17.8. The third-order valence-electron chi connectivity index (χ3n) is 5.36. The van der Waals surface area contributed by atoms with Crippen molar-refractivity contribution in [2.75, 3.05) is 0 Å². The minimum absolute atomic E-state index is 0.133. The zero-order valence-corrected chi connectivity index (χ0v) is 16.3. The maximum absolute atomic E-state index is 11.5. The third kappa shape index (κ3) is 3.32. The first kappa shape index (κ1) is 18.0. The summed E-state index contributed by atoms with van der Waals surface area (Å²) in [5.74, 6) is -0.937. The van der Waals surface area contributed by atoms with Crippen molar-refractivity contribution in [2.24, 2.45) is 0 Å². The van der Waals surface area contributed by atoms with Gasteiger partial charge in [0, 0.05) is 11.1 Å². The molecular weight excluding hydrogens is 330 g/mol. The largest absolute Gasteiger partial charge is 0.478 e. The van der Waals surface area contributed by atoms with Crippen LogP contribution in [0.2, 0.25) is 0 Å². The lowest BCUT2D eigenvalue weighted by Crippen LogP contribution is -2.34. The van der Waals surface area contributed by atoms with Gasteiger partial charge in [-0.1, -0.05) is 45.5 Å².